The van der Waals surface area contributed by atoms with Crippen LogP contribution in [0.25, 0.3) is 0 Å². The van der Waals surface area contributed by atoms with E-state index in [0.29, 0.717) is 0 Å². The molecule has 0 aliphatic heterocycles. The highest BCUT2D eigenvalue weighted by molar-refractivity contribution is 7.11. The van der Waals surface area contributed by atoms with Crippen molar-refractivity contribution in [2.24, 2.45) is 0 Å². The van der Waals surface area contributed by atoms with Crippen LogP contribution >= 0.6 is 45.9 Å². The van der Waals surface area contributed by atoms with Gasteiger partial charge in [0, 0.05) is 4.88 Å². The van der Waals surface area contributed by atoms with Crippen LogP contribution in [0.5, 0.6) is 0 Å². The van der Waals surface area contributed by atoms with Gasteiger partial charge in [-0.05, 0) is 40.3 Å². The summed E-state index contributed by atoms with van der Waals surface area (Å²) in [6, 6.07) is 3.99. The molecule has 0 N–H and O–H groups in total. The van der Waals surface area contributed by atoms with Crippen LogP contribution in [0, 0.1) is 0 Å². The Hall–Kier alpha value is -0.0200. The molecular formula is C10H8Cl2S2. The first-order chi connectivity index (χ1) is 6.77. The van der Waals surface area contributed by atoms with Crippen LogP contribution in [-0.4, -0.2) is 0 Å². The fourth-order valence-corrected chi connectivity index (χ4v) is 3.59. The van der Waals surface area contributed by atoms with E-state index in [9.17, 15) is 0 Å². The number of alkyl halides is 1. The molecule has 2 rings (SSSR count). The highest BCUT2D eigenvalue weighted by Crippen LogP contribution is 2.35. The van der Waals surface area contributed by atoms with Crippen LogP contribution in [0.15, 0.2) is 28.3 Å². The third-order valence-corrected chi connectivity index (χ3v) is 4.63. The van der Waals surface area contributed by atoms with E-state index >= 15 is 0 Å². The lowest BCUT2D eigenvalue weighted by atomic mass is 10.1. The third kappa shape index (κ3) is 2.31. The first-order valence-corrected chi connectivity index (χ1v) is 6.79. The zero-order valence-electron chi connectivity index (χ0n) is 7.24. The lowest BCUT2D eigenvalue weighted by molar-refractivity contribution is 0.945. The van der Waals surface area contributed by atoms with E-state index in [1.807, 2.05) is 11.4 Å². The second-order valence-electron chi connectivity index (χ2n) is 2.94. The Kier molecular flexibility index (Phi) is 3.50. The van der Waals surface area contributed by atoms with Crippen molar-refractivity contribution in [2.75, 3.05) is 0 Å². The van der Waals surface area contributed by atoms with Gasteiger partial charge in [0.2, 0.25) is 0 Å². The van der Waals surface area contributed by atoms with E-state index in [-0.39, 0.29) is 5.38 Å². The van der Waals surface area contributed by atoms with Gasteiger partial charge < -0.3 is 0 Å². The van der Waals surface area contributed by atoms with Gasteiger partial charge in [0.05, 0.1) is 10.4 Å². The summed E-state index contributed by atoms with van der Waals surface area (Å²) in [7, 11) is 0. The molecule has 0 nitrogen and oxygen atoms in total. The predicted molar refractivity (Wildman–Crippen MR) is 65.9 cm³/mol. The second kappa shape index (κ2) is 4.67. The Morgan fingerprint density at radius 3 is 2.71 bits per heavy atom. The van der Waals surface area contributed by atoms with Crippen molar-refractivity contribution in [1.82, 2.24) is 0 Å². The molecule has 2 aromatic rings. The van der Waals surface area contributed by atoms with Crippen molar-refractivity contribution in [3.8, 4) is 0 Å². The Bertz CT molecular complexity index is 392. The molecule has 0 spiro atoms. The third-order valence-electron chi connectivity index (χ3n) is 1.92. The SMILES string of the molecule is Clc1ccsc1C(Cl)Cc1ccsc1. The van der Waals surface area contributed by atoms with Gasteiger partial charge in [0.1, 0.15) is 0 Å². The minimum Gasteiger partial charge on any atom is -0.152 e. The van der Waals surface area contributed by atoms with Crippen LogP contribution < -0.4 is 0 Å². The summed E-state index contributed by atoms with van der Waals surface area (Å²) < 4.78 is 0. The summed E-state index contributed by atoms with van der Waals surface area (Å²) in [5.41, 5.74) is 1.28. The highest BCUT2D eigenvalue weighted by Gasteiger charge is 2.13. The van der Waals surface area contributed by atoms with Gasteiger partial charge in [0.15, 0.2) is 0 Å². The van der Waals surface area contributed by atoms with Crippen LogP contribution in [0.2, 0.25) is 5.02 Å². The standard InChI is InChI=1S/C10H8Cl2S2/c11-8-2-4-14-10(8)9(12)5-7-1-3-13-6-7/h1-4,6,9H,5H2. The monoisotopic (exact) mass is 262 g/mol. The van der Waals surface area contributed by atoms with E-state index in [1.165, 1.54) is 5.56 Å². The maximum Gasteiger partial charge on any atom is 0.0734 e. The van der Waals surface area contributed by atoms with Gasteiger partial charge >= 0.3 is 0 Å². The Balaban J connectivity index is 2.10. The molecule has 1 atom stereocenters. The van der Waals surface area contributed by atoms with Crippen molar-refractivity contribution < 1.29 is 0 Å². The normalized spacial score (nSPS) is 13.0. The number of halogens is 2. The van der Waals surface area contributed by atoms with Crippen LogP contribution in [0.4, 0.5) is 0 Å². The summed E-state index contributed by atoms with van der Waals surface area (Å²) in [4.78, 5) is 1.07. The zero-order chi connectivity index (χ0) is 9.97. The molecule has 0 bridgehead atoms. The fourth-order valence-electron chi connectivity index (χ4n) is 1.24. The molecule has 0 amide bonds. The van der Waals surface area contributed by atoms with Crippen molar-refractivity contribution in [1.29, 1.82) is 0 Å². The minimum atomic E-state index is -0.00269. The molecule has 0 aromatic carbocycles. The molecule has 4 heteroatoms. The first-order valence-electron chi connectivity index (χ1n) is 4.15. The van der Waals surface area contributed by atoms with Crippen molar-refractivity contribution in [2.45, 2.75) is 11.8 Å². The quantitative estimate of drug-likeness (QED) is 0.685. The topological polar surface area (TPSA) is 0 Å². The van der Waals surface area contributed by atoms with Gasteiger partial charge in [-0.25, -0.2) is 0 Å². The van der Waals surface area contributed by atoms with Gasteiger partial charge in [0.25, 0.3) is 0 Å². The first kappa shape index (κ1) is 10.5. The van der Waals surface area contributed by atoms with E-state index < -0.39 is 0 Å². The molecule has 74 valence electrons. The molecular weight excluding hydrogens is 255 g/mol. The van der Waals surface area contributed by atoms with Crippen LogP contribution in [0.3, 0.4) is 0 Å². The lowest BCUT2D eigenvalue weighted by Gasteiger charge is -2.06. The second-order valence-corrected chi connectivity index (χ2v) is 5.60. The minimum absolute atomic E-state index is 0.00269. The average Bonchev–Trinajstić information content (AvgIpc) is 2.75. The molecule has 0 saturated heterocycles. The highest BCUT2D eigenvalue weighted by atomic mass is 35.5. The molecule has 0 saturated carbocycles. The Labute approximate surface area is 101 Å². The maximum atomic E-state index is 6.27. The molecule has 0 aliphatic carbocycles. The molecule has 0 aliphatic rings. The summed E-state index contributed by atoms with van der Waals surface area (Å²) in [6.07, 6.45) is 0.852. The molecule has 2 heterocycles. The van der Waals surface area contributed by atoms with Gasteiger partial charge in [-0.3, -0.25) is 0 Å². The smallest absolute Gasteiger partial charge is 0.0734 e. The number of rotatable bonds is 3. The largest absolute Gasteiger partial charge is 0.152 e. The maximum absolute atomic E-state index is 6.27. The summed E-state index contributed by atoms with van der Waals surface area (Å²) in [5, 5.41) is 6.94. The van der Waals surface area contributed by atoms with E-state index in [2.05, 4.69) is 16.8 Å². The van der Waals surface area contributed by atoms with E-state index in [1.54, 1.807) is 22.7 Å². The van der Waals surface area contributed by atoms with Crippen molar-refractivity contribution in [3.63, 3.8) is 0 Å². The van der Waals surface area contributed by atoms with Crippen molar-refractivity contribution >= 4 is 45.9 Å². The van der Waals surface area contributed by atoms with E-state index in [0.717, 1.165) is 16.3 Å². The summed E-state index contributed by atoms with van der Waals surface area (Å²) in [6.45, 7) is 0. The number of hydrogen-bond donors (Lipinski definition) is 0. The summed E-state index contributed by atoms with van der Waals surface area (Å²) in [5.74, 6) is 0. The lowest BCUT2D eigenvalue weighted by Crippen LogP contribution is -1.91. The van der Waals surface area contributed by atoms with E-state index in [4.69, 9.17) is 23.2 Å². The predicted octanol–water partition coefficient (Wildman–Crippen LogP) is 4.99. The average molecular weight is 263 g/mol. The Morgan fingerprint density at radius 2 is 2.14 bits per heavy atom. The van der Waals surface area contributed by atoms with Gasteiger partial charge in [-0.2, -0.15) is 11.3 Å². The van der Waals surface area contributed by atoms with Crippen LogP contribution in [-0.2, 0) is 6.42 Å². The van der Waals surface area contributed by atoms with Gasteiger partial charge in [-0.1, -0.05) is 11.6 Å². The van der Waals surface area contributed by atoms with Crippen molar-refractivity contribution in [3.05, 3.63) is 43.7 Å². The molecule has 14 heavy (non-hydrogen) atoms. The van der Waals surface area contributed by atoms with Crippen LogP contribution in [0.1, 0.15) is 15.8 Å². The Morgan fingerprint density at radius 1 is 1.29 bits per heavy atom. The number of hydrogen-bond acceptors (Lipinski definition) is 2. The zero-order valence-corrected chi connectivity index (χ0v) is 10.4. The fraction of sp³-hybridized carbons (Fsp3) is 0.200. The molecule has 0 fully saturated rings. The molecule has 0 radical (unpaired) electrons. The molecule has 1 unspecified atom stereocenters. The van der Waals surface area contributed by atoms with Gasteiger partial charge in [-0.15, -0.1) is 22.9 Å². The molecule has 2 aromatic heterocycles. The number of thiophene rings is 2. The summed E-state index contributed by atoms with van der Waals surface area (Å²) >= 11 is 15.6.